The minimum Gasteiger partial charge on any atom is -0.507 e. The molecule has 0 aromatic heterocycles. The highest BCUT2D eigenvalue weighted by atomic mass is 35.5. The van der Waals surface area contributed by atoms with Crippen molar-refractivity contribution in [2.75, 3.05) is 0 Å². The van der Waals surface area contributed by atoms with Gasteiger partial charge in [-0.1, -0.05) is 56.2 Å². The molecule has 0 unspecified atom stereocenters. The number of hydrogen-bond donors (Lipinski definition) is 2. The largest absolute Gasteiger partial charge is 0.507 e. The number of ketones is 1. The summed E-state index contributed by atoms with van der Waals surface area (Å²) < 4.78 is 0. The van der Waals surface area contributed by atoms with Crippen molar-refractivity contribution in [2.45, 2.75) is 53.9 Å². The Bertz CT molecular complexity index is 853. The molecule has 0 bridgehead atoms. The summed E-state index contributed by atoms with van der Waals surface area (Å²) in [7, 11) is 0. The van der Waals surface area contributed by atoms with Gasteiger partial charge >= 0.3 is 0 Å². The molecule has 0 radical (unpaired) electrons. The van der Waals surface area contributed by atoms with Crippen molar-refractivity contribution in [3.05, 3.63) is 45.5 Å². The molecule has 1 fully saturated rings. The Morgan fingerprint density at radius 3 is 2.54 bits per heavy atom. The number of hydrogen-bond acceptors (Lipinski definition) is 4. The molecule has 3 atom stereocenters. The van der Waals surface area contributed by atoms with Crippen LogP contribution < -0.4 is 0 Å². The highest BCUT2D eigenvalue weighted by molar-refractivity contribution is 6.33. The molecule has 28 heavy (non-hydrogen) atoms. The molecule has 5 heteroatoms. The number of aromatic hydroxyl groups is 2. The predicted octanol–water partition coefficient (Wildman–Crippen LogP) is 5.56. The minimum absolute atomic E-state index is 0.0283. The molecular formula is C23H29ClO4. The van der Waals surface area contributed by atoms with Crippen LogP contribution in [-0.4, -0.2) is 22.3 Å². The maximum atomic E-state index is 12.2. The fraction of sp³-hybridized carbons (Fsp3) is 0.478. The Labute approximate surface area is 171 Å². The van der Waals surface area contributed by atoms with Crippen molar-refractivity contribution in [3.63, 3.8) is 0 Å². The van der Waals surface area contributed by atoms with E-state index in [0.29, 0.717) is 30.0 Å². The van der Waals surface area contributed by atoms with Gasteiger partial charge in [0, 0.05) is 17.9 Å². The normalized spacial score (nSPS) is 26.1. The standard InChI is InChI=1S/C23H29ClO4/c1-13(10-11-23(5)14(2)7-9-19(26)16(23)4)6-8-17-21(27)18(12-25)15(3)20(24)22(17)28/h6,10-12,14,16,27-28H,7-9H2,1-5H3/b11-10-,13-6-/t14-,16+,23-/m1/s1. The van der Waals surface area contributed by atoms with E-state index >= 15 is 0 Å². The van der Waals surface area contributed by atoms with Crippen LogP contribution in [0.25, 0.3) is 0 Å². The van der Waals surface area contributed by atoms with Gasteiger partial charge in [0.1, 0.15) is 17.3 Å². The molecule has 0 heterocycles. The summed E-state index contributed by atoms with van der Waals surface area (Å²) in [5, 5.41) is 20.7. The first kappa shape index (κ1) is 22.2. The second-order valence-corrected chi connectivity index (χ2v) is 8.50. The van der Waals surface area contributed by atoms with Gasteiger partial charge < -0.3 is 10.2 Å². The van der Waals surface area contributed by atoms with Gasteiger partial charge in [-0.3, -0.25) is 9.59 Å². The molecule has 1 aliphatic carbocycles. The molecule has 0 aliphatic heterocycles. The molecule has 1 aromatic rings. The topological polar surface area (TPSA) is 74.6 Å². The van der Waals surface area contributed by atoms with Crippen LogP contribution in [0.2, 0.25) is 5.02 Å². The van der Waals surface area contributed by atoms with Crippen LogP contribution in [-0.2, 0) is 11.2 Å². The average molecular weight is 405 g/mol. The monoisotopic (exact) mass is 404 g/mol. The molecule has 152 valence electrons. The number of rotatable bonds is 5. The van der Waals surface area contributed by atoms with Gasteiger partial charge in [-0.15, -0.1) is 0 Å². The van der Waals surface area contributed by atoms with Crippen molar-refractivity contribution in [1.82, 2.24) is 0 Å². The van der Waals surface area contributed by atoms with E-state index in [-0.39, 0.29) is 45.4 Å². The minimum atomic E-state index is -0.241. The number of phenolic OH excluding ortho intramolecular Hbond substituents is 2. The van der Waals surface area contributed by atoms with E-state index in [9.17, 15) is 19.8 Å². The lowest BCUT2D eigenvalue weighted by molar-refractivity contribution is -0.129. The van der Waals surface area contributed by atoms with Gasteiger partial charge in [-0.2, -0.15) is 0 Å². The maximum absolute atomic E-state index is 12.2. The number of aldehydes is 1. The summed E-state index contributed by atoms with van der Waals surface area (Å²) in [6, 6.07) is 0. The van der Waals surface area contributed by atoms with E-state index in [1.807, 2.05) is 26.0 Å². The molecule has 2 N–H and O–H groups in total. The molecule has 4 nitrogen and oxygen atoms in total. The predicted molar refractivity (Wildman–Crippen MR) is 112 cm³/mol. The van der Waals surface area contributed by atoms with Crippen LogP contribution >= 0.6 is 11.6 Å². The summed E-state index contributed by atoms with van der Waals surface area (Å²) in [6.45, 7) is 9.79. The summed E-state index contributed by atoms with van der Waals surface area (Å²) in [5.41, 5.74) is 1.41. The van der Waals surface area contributed by atoms with Gasteiger partial charge in [0.25, 0.3) is 0 Å². The Kier molecular flexibility index (Phi) is 6.76. The van der Waals surface area contributed by atoms with E-state index in [1.54, 1.807) is 6.92 Å². The third kappa shape index (κ3) is 4.02. The Morgan fingerprint density at radius 2 is 1.93 bits per heavy atom. The third-order valence-electron chi connectivity index (χ3n) is 6.52. The van der Waals surface area contributed by atoms with E-state index in [0.717, 1.165) is 12.0 Å². The number of carbonyl (C=O) groups excluding carboxylic acids is 2. The maximum Gasteiger partial charge on any atom is 0.154 e. The number of carbonyl (C=O) groups is 2. The first-order chi connectivity index (χ1) is 13.0. The van der Waals surface area contributed by atoms with Crippen LogP contribution in [0.5, 0.6) is 11.5 Å². The Balaban J connectivity index is 2.28. The molecule has 1 aromatic carbocycles. The summed E-state index contributed by atoms with van der Waals surface area (Å²) in [5.74, 6) is 0.233. The number of phenols is 2. The molecule has 0 amide bonds. The van der Waals surface area contributed by atoms with Gasteiger partial charge in [-0.25, -0.2) is 0 Å². The number of benzene rings is 1. The van der Waals surface area contributed by atoms with Crippen molar-refractivity contribution in [3.8, 4) is 11.5 Å². The van der Waals surface area contributed by atoms with Gasteiger partial charge in [0.05, 0.1) is 10.6 Å². The van der Waals surface area contributed by atoms with Crippen LogP contribution in [0.15, 0.2) is 23.8 Å². The zero-order chi connectivity index (χ0) is 21.2. The SMILES string of the molecule is CC(/C=C\[C@]1(C)[C@H](C)CCC(=O)[C@@H]1C)=C/Cc1c(O)c(Cl)c(C)c(C=O)c1O. The van der Waals surface area contributed by atoms with Crippen molar-refractivity contribution in [1.29, 1.82) is 0 Å². The molecule has 2 rings (SSSR count). The second kappa shape index (κ2) is 8.52. The van der Waals surface area contributed by atoms with E-state index in [1.165, 1.54) is 0 Å². The zero-order valence-electron chi connectivity index (χ0n) is 17.2. The van der Waals surface area contributed by atoms with E-state index in [4.69, 9.17) is 11.6 Å². The Morgan fingerprint density at radius 1 is 1.29 bits per heavy atom. The lowest BCUT2D eigenvalue weighted by Gasteiger charge is -2.42. The third-order valence-corrected chi connectivity index (χ3v) is 6.98. The lowest BCUT2D eigenvalue weighted by Crippen LogP contribution is -2.40. The number of Topliss-reactive ketones (excluding diaryl/α,β-unsaturated/α-hetero) is 1. The Hall–Kier alpha value is -2.07. The summed E-state index contributed by atoms with van der Waals surface area (Å²) in [4.78, 5) is 23.4. The van der Waals surface area contributed by atoms with Crippen molar-refractivity contribution < 1.29 is 19.8 Å². The van der Waals surface area contributed by atoms with Crippen molar-refractivity contribution >= 4 is 23.7 Å². The second-order valence-electron chi connectivity index (χ2n) is 8.13. The first-order valence-corrected chi connectivity index (χ1v) is 9.99. The van der Waals surface area contributed by atoms with Crippen molar-refractivity contribution in [2.24, 2.45) is 17.3 Å². The fourth-order valence-corrected chi connectivity index (χ4v) is 4.04. The lowest BCUT2D eigenvalue weighted by atomic mass is 9.61. The van der Waals surface area contributed by atoms with Crippen LogP contribution in [0.1, 0.15) is 62.0 Å². The van der Waals surface area contributed by atoms with Crippen LogP contribution in [0.3, 0.4) is 0 Å². The first-order valence-electron chi connectivity index (χ1n) is 9.61. The zero-order valence-corrected chi connectivity index (χ0v) is 17.9. The van der Waals surface area contributed by atoms with Crippen LogP contribution in [0, 0.1) is 24.2 Å². The van der Waals surface area contributed by atoms with Gasteiger partial charge in [0.2, 0.25) is 0 Å². The van der Waals surface area contributed by atoms with Gasteiger partial charge in [-0.05, 0) is 43.6 Å². The molecule has 1 saturated carbocycles. The molecular weight excluding hydrogens is 376 g/mol. The molecule has 1 aliphatic rings. The number of allylic oxidation sites excluding steroid dienone is 4. The highest BCUT2D eigenvalue weighted by Gasteiger charge is 2.41. The highest BCUT2D eigenvalue weighted by Crippen LogP contribution is 2.45. The van der Waals surface area contributed by atoms with E-state index in [2.05, 4.69) is 19.9 Å². The molecule has 0 saturated heterocycles. The summed E-state index contributed by atoms with van der Waals surface area (Å²) in [6.07, 6.45) is 8.25. The van der Waals surface area contributed by atoms with E-state index < -0.39 is 0 Å². The fourth-order valence-electron chi connectivity index (χ4n) is 3.83. The average Bonchev–Trinajstić information content (AvgIpc) is 2.66. The molecule has 0 spiro atoms. The quantitative estimate of drug-likeness (QED) is 0.497. The smallest absolute Gasteiger partial charge is 0.154 e. The summed E-state index contributed by atoms with van der Waals surface area (Å²) >= 11 is 6.09. The number of halogens is 1. The van der Waals surface area contributed by atoms with Gasteiger partial charge in [0.15, 0.2) is 6.29 Å². The van der Waals surface area contributed by atoms with Crippen LogP contribution in [0.4, 0.5) is 0 Å².